The highest BCUT2D eigenvalue weighted by atomic mass is 35.5. The second-order valence-electron chi connectivity index (χ2n) is 9.27. The summed E-state index contributed by atoms with van der Waals surface area (Å²) in [4.78, 5) is 28.3. The Labute approximate surface area is 213 Å². The molecule has 0 unspecified atom stereocenters. The third kappa shape index (κ3) is 6.76. The molecule has 35 heavy (non-hydrogen) atoms. The number of hydrogen-bond donors (Lipinski definition) is 1. The van der Waals surface area contributed by atoms with Crippen LogP contribution in [0.4, 0.5) is 5.69 Å². The molecule has 2 amide bonds. The van der Waals surface area contributed by atoms with Gasteiger partial charge in [-0.25, -0.2) is 8.42 Å². The quantitative estimate of drug-likeness (QED) is 0.538. The van der Waals surface area contributed by atoms with Crippen LogP contribution < -0.4 is 9.62 Å². The van der Waals surface area contributed by atoms with E-state index in [1.807, 2.05) is 31.2 Å². The van der Waals surface area contributed by atoms with Gasteiger partial charge in [0.25, 0.3) is 0 Å². The second-order valence-corrected chi connectivity index (χ2v) is 11.6. The number of benzene rings is 2. The molecule has 9 heteroatoms. The summed E-state index contributed by atoms with van der Waals surface area (Å²) in [6.45, 7) is 5.10. The maximum Gasteiger partial charge on any atom is 0.244 e. The number of rotatable bonds is 9. The van der Waals surface area contributed by atoms with E-state index in [0.29, 0.717) is 16.3 Å². The van der Waals surface area contributed by atoms with Gasteiger partial charge < -0.3 is 10.2 Å². The summed E-state index contributed by atoms with van der Waals surface area (Å²) in [5.74, 6) is -0.698. The Balaban J connectivity index is 1.92. The van der Waals surface area contributed by atoms with Crippen molar-refractivity contribution < 1.29 is 18.0 Å². The lowest BCUT2D eigenvalue weighted by molar-refractivity contribution is -0.139. The fourth-order valence-corrected chi connectivity index (χ4v) is 5.48. The lowest BCUT2D eigenvalue weighted by Crippen LogP contribution is -2.52. The van der Waals surface area contributed by atoms with Crippen molar-refractivity contribution in [3.8, 4) is 0 Å². The predicted octanol–water partition coefficient (Wildman–Crippen LogP) is 4.20. The fourth-order valence-electron chi connectivity index (χ4n) is 4.41. The molecular formula is C26H34ClN3O4S. The Morgan fingerprint density at radius 3 is 2.37 bits per heavy atom. The minimum atomic E-state index is -3.80. The van der Waals surface area contributed by atoms with E-state index in [4.69, 9.17) is 11.6 Å². The van der Waals surface area contributed by atoms with Gasteiger partial charge in [0, 0.05) is 17.6 Å². The summed E-state index contributed by atoms with van der Waals surface area (Å²) >= 11 is 6.24. The summed E-state index contributed by atoms with van der Waals surface area (Å²) < 4.78 is 26.5. The lowest BCUT2D eigenvalue weighted by Gasteiger charge is -2.32. The smallest absolute Gasteiger partial charge is 0.244 e. The normalized spacial score (nSPS) is 15.0. The van der Waals surface area contributed by atoms with Gasteiger partial charge in [0.15, 0.2) is 0 Å². The zero-order valence-corrected chi connectivity index (χ0v) is 22.3. The highest BCUT2D eigenvalue weighted by molar-refractivity contribution is 7.92. The van der Waals surface area contributed by atoms with Crippen LogP contribution in [0.15, 0.2) is 42.5 Å². The molecule has 190 valence electrons. The largest absolute Gasteiger partial charge is 0.352 e. The maximum atomic E-state index is 13.7. The Morgan fingerprint density at radius 1 is 1.09 bits per heavy atom. The minimum absolute atomic E-state index is 0.113. The lowest BCUT2D eigenvalue weighted by atomic mass is 10.1. The van der Waals surface area contributed by atoms with E-state index in [0.717, 1.165) is 47.4 Å². The van der Waals surface area contributed by atoms with Crippen LogP contribution in [0.2, 0.25) is 5.02 Å². The van der Waals surface area contributed by atoms with Gasteiger partial charge in [0.1, 0.15) is 12.6 Å². The molecular weight excluding hydrogens is 486 g/mol. The molecule has 3 rings (SSSR count). The standard InChI is InChI=1S/C26H34ClN3O4S/c1-18-10-5-6-11-21(18)16-29(20(3)26(32)28-22-12-7-8-13-22)25(31)17-30(35(4,33)34)24-15-9-14-23(27)19(24)2/h5-6,9-11,14-15,20,22H,7-8,12-13,16-17H2,1-4H3,(H,28,32)/t20-/m1/s1. The van der Waals surface area contributed by atoms with E-state index in [9.17, 15) is 18.0 Å². The molecule has 0 aliphatic heterocycles. The van der Waals surface area contributed by atoms with Crippen molar-refractivity contribution in [1.82, 2.24) is 10.2 Å². The number of halogens is 1. The first-order valence-corrected chi connectivity index (χ1v) is 14.1. The van der Waals surface area contributed by atoms with Gasteiger partial charge in [0.2, 0.25) is 21.8 Å². The topological polar surface area (TPSA) is 86.8 Å². The van der Waals surface area contributed by atoms with Crippen LogP contribution in [0, 0.1) is 13.8 Å². The van der Waals surface area contributed by atoms with Crippen molar-refractivity contribution in [2.75, 3.05) is 17.1 Å². The zero-order chi connectivity index (χ0) is 25.8. The molecule has 7 nitrogen and oxygen atoms in total. The first-order valence-electron chi connectivity index (χ1n) is 11.9. The molecule has 1 fully saturated rings. The van der Waals surface area contributed by atoms with Gasteiger partial charge >= 0.3 is 0 Å². The Hall–Kier alpha value is -2.58. The minimum Gasteiger partial charge on any atom is -0.352 e. The summed E-state index contributed by atoms with van der Waals surface area (Å²) in [5.41, 5.74) is 2.78. The molecule has 0 saturated heterocycles. The highest BCUT2D eigenvalue weighted by Gasteiger charge is 2.32. The van der Waals surface area contributed by atoms with E-state index < -0.39 is 28.5 Å². The SMILES string of the molecule is Cc1ccccc1CN(C(=O)CN(c1cccc(Cl)c1C)S(C)(=O)=O)[C@H](C)C(=O)NC1CCCC1. The van der Waals surface area contributed by atoms with Crippen LogP contribution in [0.5, 0.6) is 0 Å². The zero-order valence-electron chi connectivity index (χ0n) is 20.8. The van der Waals surface area contributed by atoms with Gasteiger partial charge in [-0.2, -0.15) is 0 Å². The number of nitrogens with one attached hydrogen (secondary N) is 1. The molecule has 0 bridgehead atoms. The summed E-state index contributed by atoms with van der Waals surface area (Å²) in [5, 5.41) is 3.47. The molecule has 1 aliphatic rings. The average molecular weight is 520 g/mol. The average Bonchev–Trinajstić information content (AvgIpc) is 3.30. The molecule has 1 atom stereocenters. The Bertz CT molecular complexity index is 1180. The van der Waals surface area contributed by atoms with Gasteiger partial charge in [-0.15, -0.1) is 0 Å². The first kappa shape index (κ1) is 27.0. The van der Waals surface area contributed by atoms with Crippen molar-refractivity contribution in [2.24, 2.45) is 0 Å². The van der Waals surface area contributed by atoms with Crippen molar-refractivity contribution in [2.45, 2.75) is 65.1 Å². The first-order chi connectivity index (χ1) is 16.5. The Kier molecular flexibility index (Phi) is 8.83. The number of nitrogens with zero attached hydrogens (tertiary/aromatic N) is 2. The van der Waals surface area contributed by atoms with Crippen LogP contribution in [0.1, 0.15) is 49.3 Å². The fraction of sp³-hybridized carbons (Fsp3) is 0.462. The number of carbonyl (C=O) groups excluding carboxylic acids is 2. The molecule has 0 heterocycles. The third-order valence-electron chi connectivity index (χ3n) is 6.66. The van der Waals surface area contributed by atoms with Crippen LogP contribution in [-0.2, 0) is 26.2 Å². The van der Waals surface area contributed by atoms with E-state index in [2.05, 4.69) is 5.32 Å². The molecule has 1 N–H and O–H groups in total. The van der Waals surface area contributed by atoms with Crippen molar-refractivity contribution in [3.05, 3.63) is 64.2 Å². The monoisotopic (exact) mass is 519 g/mol. The highest BCUT2D eigenvalue weighted by Crippen LogP contribution is 2.28. The summed E-state index contributed by atoms with van der Waals surface area (Å²) in [7, 11) is -3.80. The molecule has 2 aromatic rings. The number of amides is 2. The van der Waals surface area contributed by atoms with Gasteiger partial charge in [0.05, 0.1) is 11.9 Å². The van der Waals surface area contributed by atoms with Crippen LogP contribution >= 0.6 is 11.6 Å². The summed E-state index contributed by atoms with van der Waals surface area (Å²) in [6, 6.07) is 11.9. The van der Waals surface area contributed by atoms with Gasteiger partial charge in [-0.1, -0.05) is 54.8 Å². The number of hydrogen-bond acceptors (Lipinski definition) is 4. The second kappa shape index (κ2) is 11.4. The summed E-state index contributed by atoms with van der Waals surface area (Å²) in [6.07, 6.45) is 5.07. The molecule has 0 radical (unpaired) electrons. The maximum absolute atomic E-state index is 13.7. The van der Waals surface area contributed by atoms with Gasteiger partial charge in [-0.3, -0.25) is 13.9 Å². The van der Waals surface area contributed by atoms with Crippen LogP contribution in [0.3, 0.4) is 0 Å². The van der Waals surface area contributed by atoms with E-state index in [1.165, 1.54) is 4.90 Å². The van der Waals surface area contributed by atoms with Crippen LogP contribution in [-0.4, -0.2) is 50.0 Å². The molecule has 0 spiro atoms. The van der Waals surface area contributed by atoms with Crippen molar-refractivity contribution >= 4 is 39.1 Å². The van der Waals surface area contributed by atoms with E-state index >= 15 is 0 Å². The van der Waals surface area contributed by atoms with E-state index in [1.54, 1.807) is 32.0 Å². The van der Waals surface area contributed by atoms with Gasteiger partial charge in [-0.05, 0) is 62.4 Å². The van der Waals surface area contributed by atoms with E-state index in [-0.39, 0.29) is 18.5 Å². The number of sulfonamides is 1. The van der Waals surface area contributed by atoms with Crippen LogP contribution in [0.25, 0.3) is 0 Å². The molecule has 1 aliphatic carbocycles. The molecule has 0 aromatic heterocycles. The third-order valence-corrected chi connectivity index (χ3v) is 8.19. The number of carbonyl (C=O) groups is 2. The Morgan fingerprint density at radius 2 is 1.74 bits per heavy atom. The molecule has 2 aromatic carbocycles. The van der Waals surface area contributed by atoms with Crippen molar-refractivity contribution in [3.63, 3.8) is 0 Å². The molecule has 1 saturated carbocycles. The van der Waals surface area contributed by atoms with Crippen molar-refractivity contribution in [1.29, 1.82) is 0 Å². The number of aryl methyl sites for hydroxylation is 1. The number of anilines is 1. The predicted molar refractivity (Wildman–Crippen MR) is 140 cm³/mol.